The van der Waals surface area contributed by atoms with Gasteiger partial charge in [0.15, 0.2) is 12.4 Å². The quantitative estimate of drug-likeness (QED) is 0.159. The van der Waals surface area contributed by atoms with Gasteiger partial charge in [-0.3, -0.25) is 0 Å². The van der Waals surface area contributed by atoms with Crippen molar-refractivity contribution in [2.45, 2.75) is 6.92 Å². The predicted octanol–water partition coefficient (Wildman–Crippen LogP) is 6.44. The lowest BCUT2D eigenvalue weighted by Crippen LogP contribution is -2.09. The normalized spacial score (nSPS) is 11.4. The molecule has 0 aliphatic carbocycles. The summed E-state index contributed by atoms with van der Waals surface area (Å²) in [6.45, 7) is 1.14. The van der Waals surface area contributed by atoms with Crippen molar-refractivity contribution >= 4 is 45.2 Å². The molecule has 0 radical (unpaired) electrons. The molecule has 0 aliphatic rings. The summed E-state index contributed by atoms with van der Waals surface area (Å²) in [7, 11) is 1.43. The zero-order chi connectivity index (χ0) is 26.5. The number of methoxy groups -OCH3 is 1. The molecule has 4 rings (SSSR count). The summed E-state index contributed by atoms with van der Waals surface area (Å²) in [5.41, 5.74) is 8.10. The fraction of sp³-hybridized carbons (Fsp3) is 0.115. The molecule has 0 amide bonds. The molecule has 0 bridgehead atoms. The number of ether oxygens (including phenoxy) is 2. The summed E-state index contributed by atoms with van der Waals surface area (Å²) in [5, 5.41) is 47.4. The minimum absolute atomic E-state index is 0.0637. The highest BCUT2D eigenvalue weighted by Crippen LogP contribution is 2.43. The van der Waals surface area contributed by atoms with Gasteiger partial charge in [-0.2, -0.15) is 5.11 Å². The molecule has 11 heteroatoms. The number of hydrogen-bond donors (Lipinski definition) is 4. The number of benzene rings is 4. The van der Waals surface area contributed by atoms with Crippen molar-refractivity contribution in [1.82, 2.24) is 0 Å². The maximum Gasteiger partial charge on any atom is 0.341 e. The monoisotopic (exact) mass is 501 g/mol. The number of nitrogen functional groups attached to an aromatic ring is 1. The van der Waals surface area contributed by atoms with Gasteiger partial charge in [0, 0.05) is 23.2 Å². The van der Waals surface area contributed by atoms with E-state index >= 15 is 0 Å². The van der Waals surface area contributed by atoms with E-state index in [-0.39, 0.29) is 40.1 Å². The van der Waals surface area contributed by atoms with E-state index in [4.69, 9.17) is 20.3 Å². The van der Waals surface area contributed by atoms with Crippen LogP contribution in [0.4, 0.5) is 28.4 Å². The van der Waals surface area contributed by atoms with Gasteiger partial charge in [-0.1, -0.05) is 6.07 Å². The second-order valence-electron chi connectivity index (χ2n) is 7.96. The highest BCUT2D eigenvalue weighted by Gasteiger charge is 2.15. The number of nitrogens with zero attached hydrogens (tertiary/aromatic N) is 4. The molecule has 37 heavy (non-hydrogen) atoms. The first-order valence-corrected chi connectivity index (χ1v) is 11.0. The first-order chi connectivity index (χ1) is 17.7. The lowest BCUT2D eigenvalue weighted by Gasteiger charge is -2.11. The van der Waals surface area contributed by atoms with Crippen molar-refractivity contribution in [2.24, 2.45) is 20.5 Å². The number of phenols is 2. The topological polar surface area (TPSA) is 172 Å². The maximum atomic E-state index is 11.1. The Kier molecular flexibility index (Phi) is 7.14. The van der Waals surface area contributed by atoms with Gasteiger partial charge in [-0.25, -0.2) is 4.79 Å². The standard InChI is InChI=1S/C26H23N5O6/c1-14-9-15-3-4-16(27)10-19(15)26(35)25(14)31-30-21-11-22(36-2)20(12-23(21)37-13-24(33)34)29-28-17-5-7-18(32)8-6-17/h3-12,32,35H,13,27H2,1-2H3,(H,33,34). The summed E-state index contributed by atoms with van der Waals surface area (Å²) in [6.07, 6.45) is 0. The highest BCUT2D eigenvalue weighted by molar-refractivity contribution is 5.95. The van der Waals surface area contributed by atoms with E-state index in [9.17, 15) is 15.0 Å². The third-order valence-corrected chi connectivity index (χ3v) is 5.29. The molecule has 188 valence electrons. The Morgan fingerprint density at radius 1 is 0.892 bits per heavy atom. The Morgan fingerprint density at radius 3 is 2.27 bits per heavy atom. The van der Waals surface area contributed by atoms with E-state index in [2.05, 4.69) is 20.5 Å². The fourth-order valence-corrected chi connectivity index (χ4v) is 3.50. The molecule has 0 aliphatic heterocycles. The van der Waals surface area contributed by atoms with Crippen LogP contribution in [0.3, 0.4) is 0 Å². The second kappa shape index (κ2) is 10.6. The SMILES string of the molecule is COc1cc(N=Nc2c(C)cc3ccc(N)cc3c2O)c(OCC(=O)O)cc1N=Nc1ccc(O)cc1. The number of carbonyl (C=O) groups is 1. The van der Waals surface area contributed by atoms with Gasteiger partial charge in [0.25, 0.3) is 0 Å². The second-order valence-corrected chi connectivity index (χ2v) is 7.96. The van der Waals surface area contributed by atoms with E-state index in [0.29, 0.717) is 22.3 Å². The van der Waals surface area contributed by atoms with Crippen LogP contribution in [-0.4, -0.2) is 35.0 Å². The number of rotatable bonds is 8. The van der Waals surface area contributed by atoms with Gasteiger partial charge in [0.2, 0.25) is 0 Å². The van der Waals surface area contributed by atoms with Crippen LogP contribution in [0.5, 0.6) is 23.0 Å². The molecule has 0 spiro atoms. The minimum Gasteiger partial charge on any atom is -0.508 e. The van der Waals surface area contributed by atoms with Crippen LogP contribution < -0.4 is 15.2 Å². The fourth-order valence-electron chi connectivity index (χ4n) is 3.50. The summed E-state index contributed by atoms with van der Waals surface area (Å²) >= 11 is 0. The molecule has 11 nitrogen and oxygen atoms in total. The Balaban J connectivity index is 1.76. The van der Waals surface area contributed by atoms with E-state index in [1.165, 1.54) is 31.4 Å². The first kappa shape index (κ1) is 24.9. The van der Waals surface area contributed by atoms with E-state index < -0.39 is 12.6 Å². The Bertz CT molecular complexity index is 1530. The molecule has 0 fully saturated rings. The van der Waals surface area contributed by atoms with Crippen molar-refractivity contribution < 1.29 is 29.6 Å². The van der Waals surface area contributed by atoms with Crippen LogP contribution in [0.25, 0.3) is 10.8 Å². The zero-order valence-corrected chi connectivity index (χ0v) is 19.9. The van der Waals surface area contributed by atoms with Gasteiger partial charge in [-0.05, 0) is 60.3 Å². The van der Waals surface area contributed by atoms with Gasteiger partial charge >= 0.3 is 5.97 Å². The van der Waals surface area contributed by atoms with Gasteiger partial charge in [-0.15, -0.1) is 15.3 Å². The number of aryl methyl sites for hydroxylation is 1. The lowest BCUT2D eigenvalue weighted by molar-refractivity contribution is -0.139. The van der Waals surface area contributed by atoms with Crippen LogP contribution in [0.1, 0.15) is 5.56 Å². The molecule has 0 heterocycles. The van der Waals surface area contributed by atoms with E-state index in [1.54, 1.807) is 37.3 Å². The smallest absolute Gasteiger partial charge is 0.341 e. The molecule has 5 N–H and O–H groups in total. The van der Waals surface area contributed by atoms with Crippen molar-refractivity contribution in [1.29, 1.82) is 0 Å². The van der Waals surface area contributed by atoms with Crippen molar-refractivity contribution in [3.05, 3.63) is 66.2 Å². The van der Waals surface area contributed by atoms with Gasteiger partial charge < -0.3 is 30.5 Å². The molecule has 0 saturated carbocycles. The minimum atomic E-state index is -1.19. The molecule has 0 unspecified atom stereocenters. The number of phenolic OH excluding ortho intramolecular Hbond substituents is 2. The Hall–Kier alpha value is -5.19. The predicted molar refractivity (Wildman–Crippen MR) is 137 cm³/mol. The van der Waals surface area contributed by atoms with Crippen molar-refractivity contribution in [3.8, 4) is 23.0 Å². The number of aliphatic carboxylic acids is 1. The number of nitrogens with two attached hydrogens (primary N) is 1. The summed E-state index contributed by atoms with van der Waals surface area (Å²) < 4.78 is 10.8. The van der Waals surface area contributed by atoms with Crippen LogP contribution in [0, 0.1) is 6.92 Å². The average Bonchev–Trinajstić information content (AvgIpc) is 2.87. The number of aromatic hydroxyl groups is 2. The number of anilines is 1. The van der Waals surface area contributed by atoms with Gasteiger partial charge in [0.1, 0.15) is 34.3 Å². The molecule has 0 aromatic heterocycles. The molecule has 4 aromatic rings. The highest BCUT2D eigenvalue weighted by atomic mass is 16.5. The van der Waals surface area contributed by atoms with Crippen molar-refractivity contribution in [3.63, 3.8) is 0 Å². The summed E-state index contributed by atoms with van der Waals surface area (Å²) in [6, 6.07) is 16.0. The van der Waals surface area contributed by atoms with E-state index in [1.807, 2.05) is 6.07 Å². The molecule has 0 atom stereocenters. The van der Waals surface area contributed by atoms with Crippen LogP contribution >= 0.6 is 0 Å². The zero-order valence-electron chi connectivity index (χ0n) is 19.9. The van der Waals surface area contributed by atoms with E-state index in [0.717, 1.165) is 5.39 Å². The number of azo groups is 2. The van der Waals surface area contributed by atoms with Gasteiger partial charge in [0.05, 0.1) is 12.8 Å². The largest absolute Gasteiger partial charge is 0.508 e. The average molecular weight is 501 g/mol. The van der Waals surface area contributed by atoms with Crippen LogP contribution in [-0.2, 0) is 4.79 Å². The third-order valence-electron chi connectivity index (χ3n) is 5.29. The molecular formula is C26H23N5O6. The van der Waals surface area contributed by atoms with Crippen LogP contribution in [0.15, 0.2) is 81.1 Å². The van der Waals surface area contributed by atoms with Crippen molar-refractivity contribution in [2.75, 3.05) is 19.5 Å². The number of hydrogen-bond acceptors (Lipinski definition) is 10. The third kappa shape index (κ3) is 5.73. The van der Waals surface area contributed by atoms with Crippen LogP contribution in [0.2, 0.25) is 0 Å². The maximum absolute atomic E-state index is 11.1. The summed E-state index contributed by atoms with van der Waals surface area (Å²) in [4.78, 5) is 11.1. The number of fused-ring (bicyclic) bond motifs is 1. The number of carboxylic acids is 1. The Labute approximate surface area is 211 Å². The first-order valence-electron chi connectivity index (χ1n) is 11.0. The number of carboxylic acid groups (broad SMARTS) is 1. The Morgan fingerprint density at radius 2 is 1.57 bits per heavy atom. The lowest BCUT2D eigenvalue weighted by atomic mass is 10.0. The molecule has 4 aromatic carbocycles. The molecular weight excluding hydrogens is 478 g/mol. The summed E-state index contributed by atoms with van der Waals surface area (Å²) in [5.74, 6) is -0.858. The molecule has 0 saturated heterocycles.